The Bertz CT molecular complexity index is 1450. The van der Waals surface area contributed by atoms with Crippen LogP contribution < -0.4 is 20.1 Å². The molecule has 4 aromatic carbocycles. The maximum atomic E-state index is 14.4. The van der Waals surface area contributed by atoms with Crippen LogP contribution in [0.3, 0.4) is 0 Å². The summed E-state index contributed by atoms with van der Waals surface area (Å²) in [6, 6.07) is 27.8. The van der Waals surface area contributed by atoms with Crippen molar-refractivity contribution < 1.29 is 23.0 Å². The molecular formula is C39H44F2N4O3. The molecule has 0 aromatic heterocycles. The second kappa shape index (κ2) is 16.8. The van der Waals surface area contributed by atoms with E-state index in [9.17, 15) is 13.6 Å². The number of hydrogen-bond acceptors (Lipinski definition) is 7. The predicted molar refractivity (Wildman–Crippen MR) is 183 cm³/mol. The summed E-state index contributed by atoms with van der Waals surface area (Å²) in [5.41, 5.74) is 3.67. The van der Waals surface area contributed by atoms with Crippen molar-refractivity contribution in [1.82, 2.24) is 20.4 Å². The third-order valence-electron chi connectivity index (χ3n) is 9.14. The Balaban J connectivity index is 1.17. The Morgan fingerprint density at radius 3 is 1.27 bits per heavy atom. The molecule has 2 saturated heterocycles. The summed E-state index contributed by atoms with van der Waals surface area (Å²) in [6.45, 7) is 9.89. The quantitative estimate of drug-likeness (QED) is 0.190. The number of halogens is 2. The third kappa shape index (κ3) is 9.48. The molecule has 2 N–H and O–H groups in total. The summed E-state index contributed by atoms with van der Waals surface area (Å²) in [6.07, 6.45) is 0. The number of piperazine rings is 2. The van der Waals surface area contributed by atoms with E-state index in [2.05, 4.69) is 44.7 Å². The molecule has 0 saturated carbocycles. The standard InChI is InChI=1S/C39H44F2N4O3/c40-33-9-5-31(6-10-33)37(27-47-35-13-1-29(2-14-35)25-44-21-17-42-18-22-44)39(46)38(32-7-11-34(41)12-8-32)28-48-36-15-3-30(4-16-36)26-45-23-19-43-20-24-45/h1-16,37-38,42-43H,17-28H2. The number of nitrogens with one attached hydrogen (secondary N) is 2. The monoisotopic (exact) mass is 654 g/mol. The number of hydrogen-bond donors (Lipinski definition) is 2. The third-order valence-corrected chi connectivity index (χ3v) is 9.14. The van der Waals surface area contributed by atoms with E-state index < -0.39 is 11.8 Å². The maximum Gasteiger partial charge on any atom is 0.154 e. The second-order valence-corrected chi connectivity index (χ2v) is 12.6. The lowest BCUT2D eigenvalue weighted by molar-refractivity contribution is -0.123. The van der Waals surface area contributed by atoms with Gasteiger partial charge >= 0.3 is 0 Å². The number of ketones is 1. The molecule has 7 nitrogen and oxygen atoms in total. The molecule has 48 heavy (non-hydrogen) atoms. The Hall–Kier alpha value is -4.15. The van der Waals surface area contributed by atoms with Gasteiger partial charge in [0.1, 0.15) is 36.3 Å². The van der Waals surface area contributed by atoms with E-state index in [1.165, 1.54) is 35.4 Å². The molecule has 2 fully saturated rings. The number of ether oxygens (including phenoxy) is 2. The van der Waals surface area contributed by atoms with E-state index in [1.54, 1.807) is 24.3 Å². The summed E-state index contributed by atoms with van der Waals surface area (Å²) in [5.74, 6) is -1.06. The van der Waals surface area contributed by atoms with Gasteiger partial charge in [-0.15, -0.1) is 0 Å². The lowest BCUT2D eigenvalue weighted by Gasteiger charge is -2.27. The van der Waals surface area contributed by atoms with Crippen LogP contribution in [0.5, 0.6) is 11.5 Å². The lowest BCUT2D eigenvalue weighted by atomic mass is 9.84. The smallest absolute Gasteiger partial charge is 0.154 e. The summed E-state index contributed by atoms with van der Waals surface area (Å²) in [4.78, 5) is 19.3. The number of Topliss-reactive ketones (excluding diaryl/α,β-unsaturated/α-hetero) is 1. The fourth-order valence-corrected chi connectivity index (χ4v) is 6.31. The van der Waals surface area contributed by atoms with Crippen molar-refractivity contribution in [3.63, 3.8) is 0 Å². The average molecular weight is 655 g/mol. The van der Waals surface area contributed by atoms with Gasteiger partial charge in [-0.25, -0.2) is 8.78 Å². The van der Waals surface area contributed by atoms with Gasteiger partial charge in [0.05, 0.1) is 11.8 Å². The summed E-state index contributed by atoms with van der Waals surface area (Å²) in [7, 11) is 0. The molecule has 2 heterocycles. The van der Waals surface area contributed by atoms with Gasteiger partial charge in [0.2, 0.25) is 0 Å². The lowest BCUT2D eigenvalue weighted by Crippen LogP contribution is -2.42. The first-order valence-corrected chi connectivity index (χ1v) is 16.8. The molecule has 2 unspecified atom stereocenters. The molecule has 0 radical (unpaired) electrons. The highest BCUT2D eigenvalue weighted by atomic mass is 19.1. The molecule has 9 heteroatoms. The number of nitrogens with zero attached hydrogens (tertiary/aromatic N) is 2. The molecule has 2 aliphatic heterocycles. The second-order valence-electron chi connectivity index (χ2n) is 12.6. The van der Waals surface area contributed by atoms with Gasteiger partial charge in [-0.3, -0.25) is 14.6 Å². The summed E-state index contributed by atoms with van der Waals surface area (Å²) < 4.78 is 40.3. The molecule has 0 aliphatic carbocycles. The SMILES string of the molecule is O=C(C(COc1ccc(CN2CCNCC2)cc1)c1ccc(F)cc1)C(COc1ccc(CN2CCNCC2)cc1)c1ccc(F)cc1. The van der Waals surface area contributed by atoms with Gasteiger partial charge in [0.25, 0.3) is 0 Å². The molecule has 2 atom stereocenters. The van der Waals surface area contributed by atoms with Crippen LogP contribution in [-0.2, 0) is 17.9 Å². The molecule has 4 aromatic rings. The van der Waals surface area contributed by atoms with Crippen LogP contribution in [0.25, 0.3) is 0 Å². The van der Waals surface area contributed by atoms with Crippen molar-refractivity contribution in [3.05, 3.63) is 131 Å². The normalized spacial score (nSPS) is 17.0. The zero-order chi connectivity index (χ0) is 33.1. The minimum absolute atomic E-state index is 0.0556. The van der Waals surface area contributed by atoms with Crippen molar-refractivity contribution in [2.75, 3.05) is 65.6 Å². The predicted octanol–water partition coefficient (Wildman–Crippen LogP) is 5.37. The number of carbonyl (C=O) groups excluding carboxylic acids is 1. The number of benzene rings is 4. The van der Waals surface area contributed by atoms with Crippen molar-refractivity contribution >= 4 is 5.78 Å². The van der Waals surface area contributed by atoms with E-state index in [4.69, 9.17) is 9.47 Å². The highest BCUT2D eigenvalue weighted by Crippen LogP contribution is 2.30. The van der Waals surface area contributed by atoms with E-state index in [1.807, 2.05) is 24.3 Å². The largest absolute Gasteiger partial charge is 0.492 e. The Kier molecular flexibility index (Phi) is 11.8. The zero-order valence-corrected chi connectivity index (χ0v) is 27.3. The topological polar surface area (TPSA) is 66.1 Å². The van der Waals surface area contributed by atoms with Gasteiger partial charge in [-0.05, 0) is 70.8 Å². The fourth-order valence-electron chi connectivity index (χ4n) is 6.31. The molecule has 0 amide bonds. The van der Waals surface area contributed by atoms with Gasteiger partial charge in [0, 0.05) is 65.4 Å². The fraction of sp³-hybridized carbons (Fsp3) is 0.359. The maximum absolute atomic E-state index is 14.4. The van der Waals surface area contributed by atoms with Crippen LogP contribution in [0.2, 0.25) is 0 Å². The zero-order valence-electron chi connectivity index (χ0n) is 27.3. The summed E-state index contributed by atoms with van der Waals surface area (Å²) in [5, 5.41) is 6.75. The number of rotatable bonds is 14. The van der Waals surface area contributed by atoms with Crippen LogP contribution in [-0.4, -0.2) is 81.2 Å². The van der Waals surface area contributed by atoms with Crippen LogP contribution in [0.15, 0.2) is 97.1 Å². The first-order valence-electron chi connectivity index (χ1n) is 16.8. The minimum atomic E-state index is -0.716. The van der Waals surface area contributed by atoms with E-state index in [-0.39, 0.29) is 30.6 Å². The average Bonchev–Trinajstić information content (AvgIpc) is 3.12. The van der Waals surface area contributed by atoms with Crippen LogP contribution in [0.4, 0.5) is 8.78 Å². The Morgan fingerprint density at radius 2 is 0.917 bits per heavy atom. The first kappa shape index (κ1) is 33.7. The molecule has 0 spiro atoms. The Labute approximate surface area is 281 Å². The highest BCUT2D eigenvalue weighted by molar-refractivity contribution is 5.92. The van der Waals surface area contributed by atoms with E-state index in [0.29, 0.717) is 22.6 Å². The molecule has 0 bridgehead atoms. The Morgan fingerprint density at radius 1 is 0.562 bits per heavy atom. The first-order chi connectivity index (χ1) is 23.5. The van der Waals surface area contributed by atoms with Crippen molar-refractivity contribution in [3.8, 4) is 11.5 Å². The van der Waals surface area contributed by atoms with Crippen molar-refractivity contribution in [2.24, 2.45) is 0 Å². The molecule has 2 aliphatic rings. The van der Waals surface area contributed by atoms with Crippen molar-refractivity contribution in [2.45, 2.75) is 24.9 Å². The van der Waals surface area contributed by atoms with Gasteiger partial charge in [-0.2, -0.15) is 0 Å². The molecular weight excluding hydrogens is 610 g/mol. The van der Waals surface area contributed by atoms with E-state index in [0.717, 1.165) is 65.4 Å². The minimum Gasteiger partial charge on any atom is -0.492 e. The van der Waals surface area contributed by atoms with Crippen LogP contribution in [0.1, 0.15) is 34.1 Å². The van der Waals surface area contributed by atoms with E-state index >= 15 is 0 Å². The van der Waals surface area contributed by atoms with Gasteiger partial charge in [0.15, 0.2) is 5.78 Å². The van der Waals surface area contributed by atoms with Gasteiger partial charge < -0.3 is 20.1 Å². The van der Waals surface area contributed by atoms with Crippen LogP contribution in [0, 0.1) is 11.6 Å². The van der Waals surface area contributed by atoms with Gasteiger partial charge in [-0.1, -0.05) is 48.5 Å². The number of carbonyl (C=O) groups is 1. The highest BCUT2D eigenvalue weighted by Gasteiger charge is 2.31. The van der Waals surface area contributed by atoms with Crippen LogP contribution >= 0.6 is 0 Å². The molecule has 252 valence electrons. The molecule has 6 rings (SSSR count). The van der Waals surface area contributed by atoms with Crippen molar-refractivity contribution in [1.29, 1.82) is 0 Å². The summed E-state index contributed by atoms with van der Waals surface area (Å²) >= 11 is 0.